The number of hydrogen-bond donors (Lipinski definition) is 0. The number of hydrogen-bond acceptors (Lipinski definition) is 12. The molecule has 1 saturated heterocycles. The first-order valence-corrected chi connectivity index (χ1v) is 11.5. The number of aromatic nitrogens is 3. The molecule has 200 valence electrons. The second-order valence-corrected chi connectivity index (χ2v) is 8.17. The highest BCUT2D eigenvalue weighted by molar-refractivity contribution is 5.68. The van der Waals surface area contributed by atoms with E-state index in [4.69, 9.17) is 28.4 Å². The summed E-state index contributed by atoms with van der Waals surface area (Å²) in [5, 5.41) is 8.23. The number of ether oxygens (including phenoxy) is 6. The van der Waals surface area contributed by atoms with Crippen molar-refractivity contribution in [1.82, 2.24) is 15.0 Å². The fraction of sp³-hybridized carbons (Fsp3) is 0.500. The van der Waals surface area contributed by atoms with E-state index >= 15 is 0 Å². The van der Waals surface area contributed by atoms with Crippen LogP contribution in [-0.2, 0) is 54.1 Å². The van der Waals surface area contributed by atoms with Crippen LogP contribution in [0.15, 0.2) is 36.5 Å². The fourth-order valence-electron chi connectivity index (χ4n) is 3.73. The van der Waals surface area contributed by atoms with Crippen molar-refractivity contribution in [3.63, 3.8) is 0 Å². The van der Waals surface area contributed by atoms with Gasteiger partial charge in [0.1, 0.15) is 18.4 Å². The number of nitrogens with zero attached hydrogens (tertiary/aromatic N) is 3. The zero-order valence-electron chi connectivity index (χ0n) is 20.9. The lowest BCUT2D eigenvalue weighted by Crippen LogP contribution is -2.63. The molecule has 0 aliphatic carbocycles. The molecule has 13 heteroatoms. The molecule has 13 nitrogen and oxygen atoms in total. The number of rotatable bonds is 10. The Morgan fingerprint density at radius 1 is 0.865 bits per heavy atom. The van der Waals surface area contributed by atoms with E-state index in [2.05, 4.69) is 10.3 Å². The molecule has 1 aromatic heterocycles. The van der Waals surface area contributed by atoms with E-state index in [9.17, 15) is 19.2 Å². The Balaban J connectivity index is 1.78. The van der Waals surface area contributed by atoms with Crippen molar-refractivity contribution >= 4 is 23.9 Å². The van der Waals surface area contributed by atoms with Gasteiger partial charge in [-0.2, -0.15) is 0 Å². The Hall–Kier alpha value is -3.84. The third-order valence-corrected chi connectivity index (χ3v) is 5.16. The van der Waals surface area contributed by atoms with Gasteiger partial charge in [0.15, 0.2) is 24.6 Å². The van der Waals surface area contributed by atoms with Crippen molar-refractivity contribution in [2.75, 3.05) is 13.2 Å². The van der Waals surface area contributed by atoms with Crippen molar-refractivity contribution in [2.24, 2.45) is 0 Å². The molecule has 0 N–H and O–H groups in total. The highest BCUT2D eigenvalue weighted by atomic mass is 16.7. The average Bonchev–Trinajstić information content (AvgIpc) is 3.30. The van der Waals surface area contributed by atoms with Gasteiger partial charge in [0.2, 0.25) is 0 Å². The molecule has 3 rings (SSSR count). The fourth-order valence-corrected chi connectivity index (χ4v) is 3.73. The van der Waals surface area contributed by atoms with Crippen LogP contribution in [0.4, 0.5) is 0 Å². The lowest BCUT2D eigenvalue weighted by atomic mass is 9.98. The standard InChI is InChI=1S/C24H29N3O10/c1-14(28)33-13-20-21(34-15(2)29)22(35-16(3)30)23(36-17(4)31)24(37-20)32-11-10-27-12-19(25-26-27)18-8-6-5-7-9-18/h5-9,12,20-24H,10-11,13H2,1-4H3/t20-,21-,22+,23+,24+/m1/s1. The van der Waals surface area contributed by atoms with Crippen molar-refractivity contribution in [3.05, 3.63) is 36.5 Å². The molecule has 0 radical (unpaired) electrons. The molecule has 1 aliphatic rings. The van der Waals surface area contributed by atoms with Crippen molar-refractivity contribution in [3.8, 4) is 11.3 Å². The van der Waals surface area contributed by atoms with Gasteiger partial charge in [0.25, 0.3) is 0 Å². The van der Waals surface area contributed by atoms with Crippen LogP contribution in [0.3, 0.4) is 0 Å². The third kappa shape index (κ3) is 8.08. The maximum atomic E-state index is 11.9. The largest absolute Gasteiger partial charge is 0.463 e. The minimum atomic E-state index is -1.29. The SMILES string of the molecule is CC(=O)OC[C@H]1O[C@H](OCCn2cc(-c3ccccc3)nn2)[C@@H](OC(C)=O)[C@@H](OC(C)=O)[C@@H]1OC(C)=O. The summed E-state index contributed by atoms with van der Waals surface area (Å²) >= 11 is 0. The predicted molar refractivity (Wildman–Crippen MR) is 123 cm³/mol. The van der Waals surface area contributed by atoms with Gasteiger partial charge < -0.3 is 28.4 Å². The Morgan fingerprint density at radius 2 is 1.49 bits per heavy atom. The quantitative estimate of drug-likeness (QED) is 0.325. The minimum absolute atomic E-state index is 0.0331. The first-order valence-electron chi connectivity index (χ1n) is 11.5. The van der Waals surface area contributed by atoms with E-state index in [1.54, 1.807) is 10.9 Å². The Morgan fingerprint density at radius 3 is 2.11 bits per heavy atom. The van der Waals surface area contributed by atoms with Crippen molar-refractivity contribution in [1.29, 1.82) is 0 Å². The van der Waals surface area contributed by atoms with Gasteiger partial charge in [-0.05, 0) is 0 Å². The molecular weight excluding hydrogens is 490 g/mol. The van der Waals surface area contributed by atoms with Crippen LogP contribution in [0.25, 0.3) is 11.3 Å². The Labute approximate surface area is 212 Å². The maximum Gasteiger partial charge on any atom is 0.303 e. The summed E-state index contributed by atoms with van der Waals surface area (Å²) in [4.78, 5) is 47.0. The summed E-state index contributed by atoms with van der Waals surface area (Å²) in [7, 11) is 0. The molecule has 0 bridgehead atoms. The summed E-state index contributed by atoms with van der Waals surface area (Å²) in [5.41, 5.74) is 1.57. The highest BCUT2D eigenvalue weighted by Crippen LogP contribution is 2.30. The monoisotopic (exact) mass is 519 g/mol. The molecular formula is C24H29N3O10. The molecule has 0 saturated carbocycles. The zero-order valence-corrected chi connectivity index (χ0v) is 20.9. The first kappa shape index (κ1) is 27.7. The van der Waals surface area contributed by atoms with E-state index in [0.29, 0.717) is 5.69 Å². The smallest absolute Gasteiger partial charge is 0.303 e. The van der Waals surface area contributed by atoms with Gasteiger partial charge in [-0.1, -0.05) is 35.5 Å². The third-order valence-electron chi connectivity index (χ3n) is 5.16. The summed E-state index contributed by atoms with van der Waals surface area (Å²) in [6, 6.07) is 9.49. The van der Waals surface area contributed by atoms with E-state index in [1.807, 2.05) is 30.3 Å². The molecule has 0 spiro atoms. The summed E-state index contributed by atoms with van der Waals surface area (Å²) in [5.74, 6) is -2.74. The van der Waals surface area contributed by atoms with Gasteiger partial charge in [0, 0.05) is 33.3 Å². The van der Waals surface area contributed by atoms with Gasteiger partial charge in [-0.3, -0.25) is 19.2 Å². The second kappa shape index (κ2) is 12.9. The molecule has 1 fully saturated rings. The summed E-state index contributed by atoms with van der Waals surface area (Å²) in [6.07, 6.45) is -4.40. The number of carbonyl (C=O) groups excluding carboxylic acids is 4. The lowest BCUT2D eigenvalue weighted by Gasteiger charge is -2.44. The Kier molecular flexibility index (Phi) is 9.69. The summed E-state index contributed by atoms with van der Waals surface area (Å²) < 4.78 is 34.4. The molecule has 1 aromatic carbocycles. The van der Waals surface area contributed by atoms with Gasteiger partial charge in [0.05, 0.1) is 19.3 Å². The van der Waals surface area contributed by atoms with Crippen molar-refractivity contribution < 1.29 is 47.6 Å². The molecule has 0 amide bonds. The first-order chi connectivity index (χ1) is 17.6. The number of carbonyl (C=O) groups is 4. The second-order valence-electron chi connectivity index (χ2n) is 8.17. The zero-order chi connectivity index (χ0) is 26.9. The average molecular weight is 520 g/mol. The van der Waals surface area contributed by atoms with E-state index in [1.165, 1.54) is 6.92 Å². The molecule has 2 aromatic rings. The molecule has 5 atom stereocenters. The van der Waals surface area contributed by atoms with Crippen LogP contribution in [0, 0.1) is 0 Å². The number of benzene rings is 1. The molecule has 2 heterocycles. The van der Waals surface area contributed by atoms with Gasteiger partial charge in [-0.15, -0.1) is 5.10 Å². The highest BCUT2D eigenvalue weighted by Gasteiger charge is 2.52. The maximum absolute atomic E-state index is 11.9. The lowest BCUT2D eigenvalue weighted by molar-refractivity contribution is -0.308. The van der Waals surface area contributed by atoms with Gasteiger partial charge >= 0.3 is 23.9 Å². The van der Waals surface area contributed by atoms with E-state index in [-0.39, 0.29) is 19.8 Å². The van der Waals surface area contributed by atoms with Crippen LogP contribution in [-0.4, -0.2) is 82.8 Å². The molecule has 0 unspecified atom stereocenters. The van der Waals surface area contributed by atoms with E-state index in [0.717, 1.165) is 26.3 Å². The van der Waals surface area contributed by atoms with Crippen LogP contribution in [0.2, 0.25) is 0 Å². The Bertz CT molecular complexity index is 1090. The van der Waals surface area contributed by atoms with Crippen LogP contribution >= 0.6 is 0 Å². The van der Waals surface area contributed by atoms with Gasteiger partial charge in [-0.25, -0.2) is 4.68 Å². The predicted octanol–water partition coefficient (Wildman–Crippen LogP) is 1.04. The molecule has 1 aliphatic heterocycles. The normalized spacial score (nSPS) is 23.1. The minimum Gasteiger partial charge on any atom is -0.463 e. The summed E-state index contributed by atoms with van der Waals surface area (Å²) in [6.45, 7) is 4.62. The topological polar surface area (TPSA) is 154 Å². The van der Waals surface area contributed by atoms with Crippen molar-refractivity contribution in [2.45, 2.75) is 64.9 Å². The van der Waals surface area contributed by atoms with E-state index < -0.39 is 54.6 Å². The van der Waals surface area contributed by atoms with Crippen LogP contribution < -0.4 is 0 Å². The van der Waals surface area contributed by atoms with Crippen LogP contribution in [0.1, 0.15) is 27.7 Å². The number of esters is 4. The molecule has 37 heavy (non-hydrogen) atoms. The van der Waals surface area contributed by atoms with Crippen LogP contribution in [0.5, 0.6) is 0 Å².